The Kier molecular flexibility index (Phi) is 6.03. The Bertz CT molecular complexity index is 751. The van der Waals surface area contributed by atoms with Gasteiger partial charge in [-0.15, -0.1) is 0 Å². The number of sulfone groups is 1. The molecule has 26 heavy (non-hydrogen) atoms. The van der Waals surface area contributed by atoms with Gasteiger partial charge in [0.2, 0.25) is 0 Å². The van der Waals surface area contributed by atoms with E-state index in [0.717, 1.165) is 30.7 Å². The van der Waals surface area contributed by atoms with Crippen LogP contribution in [-0.2, 0) is 38.3 Å². The molecule has 2 heterocycles. The third-order valence-electron chi connectivity index (χ3n) is 5.22. The van der Waals surface area contributed by atoms with Crippen molar-refractivity contribution >= 4 is 15.6 Å². The van der Waals surface area contributed by atoms with Crippen LogP contribution in [0, 0.1) is 0 Å². The Morgan fingerprint density at radius 1 is 1.27 bits per heavy atom. The summed E-state index contributed by atoms with van der Waals surface area (Å²) in [7, 11) is -1.83. The van der Waals surface area contributed by atoms with Crippen LogP contribution in [0.1, 0.15) is 65.3 Å². The van der Waals surface area contributed by atoms with Gasteiger partial charge in [-0.25, -0.2) is 8.42 Å². The van der Waals surface area contributed by atoms with Crippen LogP contribution < -0.4 is 0 Å². The first-order valence-corrected chi connectivity index (χ1v) is 10.9. The van der Waals surface area contributed by atoms with Gasteiger partial charge >= 0.3 is 0 Å². The SMILES string of the molecule is Cn1nc(C(C)(C)C)cc1CC(=O)C(C)(C)S(=O)(=O)CC1CCCCO1. The zero-order chi connectivity index (χ0) is 19.8. The van der Waals surface area contributed by atoms with Gasteiger partial charge in [0.1, 0.15) is 4.75 Å². The zero-order valence-corrected chi connectivity index (χ0v) is 17.6. The van der Waals surface area contributed by atoms with E-state index in [-0.39, 0.29) is 29.5 Å². The predicted octanol–water partition coefficient (Wildman–Crippen LogP) is 2.59. The van der Waals surface area contributed by atoms with Gasteiger partial charge in [0.15, 0.2) is 15.6 Å². The van der Waals surface area contributed by atoms with Gasteiger partial charge in [0.25, 0.3) is 0 Å². The number of ketones is 1. The van der Waals surface area contributed by atoms with E-state index in [4.69, 9.17) is 4.74 Å². The summed E-state index contributed by atoms with van der Waals surface area (Å²) in [6, 6.07) is 1.89. The Morgan fingerprint density at radius 2 is 1.92 bits per heavy atom. The Labute approximate surface area is 157 Å². The maximum Gasteiger partial charge on any atom is 0.165 e. The average Bonchev–Trinajstić information content (AvgIpc) is 2.89. The first-order valence-electron chi connectivity index (χ1n) is 9.25. The maximum absolute atomic E-state index is 12.9. The van der Waals surface area contributed by atoms with Gasteiger partial charge < -0.3 is 4.74 Å². The van der Waals surface area contributed by atoms with Gasteiger partial charge in [-0.1, -0.05) is 20.8 Å². The fourth-order valence-corrected chi connectivity index (χ4v) is 4.57. The smallest absolute Gasteiger partial charge is 0.165 e. The third-order valence-corrected chi connectivity index (χ3v) is 7.81. The van der Waals surface area contributed by atoms with Crippen LogP contribution in [0.3, 0.4) is 0 Å². The molecular formula is C19H32N2O4S. The molecule has 0 aliphatic carbocycles. The molecule has 0 saturated carbocycles. The molecule has 1 fully saturated rings. The highest BCUT2D eigenvalue weighted by Crippen LogP contribution is 2.26. The van der Waals surface area contributed by atoms with Gasteiger partial charge in [-0.2, -0.15) is 5.10 Å². The molecular weight excluding hydrogens is 352 g/mol. The number of carbonyl (C=O) groups is 1. The quantitative estimate of drug-likeness (QED) is 0.753. The van der Waals surface area contributed by atoms with Crippen molar-refractivity contribution in [3.05, 3.63) is 17.5 Å². The van der Waals surface area contributed by atoms with Crippen molar-refractivity contribution in [1.82, 2.24) is 9.78 Å². The third kappa shape index (κ3) is 4.55. The van der Waals surface area contributed by atoms with Crippen molar-refractivity contribution < 1.29 is 17.9 Å². The van der Waals surface area contributed by atoms with Gasteiger partial charge in [-0.05, 0) is 39.2 Å². The second-order valence-electron chi connectivity index (χ2n) is 8.77. The van der Waals surface area contributed by atoms with E-state index in [2.05, 4.69) is 25.9 Å². The number of aromatic nitrogens is 2. The molecule has 2 rings (SSSR count). The van der Waals surface area contributed by atoms with Crippen molar-refractivity contribution in [2.24, 2.45) is 7.05 Å². The molecule has 1 aromatic heterocycles. The summed E-state index contributed by atoms with van der Waals surface area (Å²) in [4.78, 5) is 12.9. The average molecular weight is 385 g/mol. The number of hydrogen-bond donors (Lipinski definition) is 0. The number of Topliss-reactive ketones (excluding diaryl/α,β-unsaturated/α-hetero) is 1. The fourth-order valence-electron chi connectivity index (χ4n) is 2.98. The molecule has 0 N–H and O–H groups in total. The number of rotatable bonds is 6. The number of nitrogens with zero attached hydrogens (tertiary/aromatic N) is 2. The summed E-state index contributed by atoms with van der Waals surface area (Å²) in [5, 5.41) is 4.47. The van der Waals surface area contributed by atoms with E-state index in [0.29, 0.717) is 6.61 Å². The lowest BCUT2D eigenvalue weighted by Crippen LogP contribution is -2.46. The van der Waals surface area contributed by atoms with E-state index < -0.39 is 14.6 Å². The number of ether oxygens (including phenoxy) is 1. The summed E-state index contributed by atoms with van der Waals surface area (Å²) in [6.45, 7) is 9.78. The molecule has 1 aliphatic heterocycles. The van der Waals surface area contributed by atoms with Crippen LogP contribution in [0.2, 0.25) is 0 Å². The lowest BCUT2D eigenvalue weighted by atomic mass is 9.92. The molecule has 0 radical (unpaired) electrons. The fraction of sp³-hybridized carbons (Fsp3) is 0.789. The van der Waals surface area contributed by atoms with E-state index in [1.807, 2.05) is 6.07 Å². The molecule has 6 nitrogen and oxygen atoms in total. The second-order valence-corrected chi connectivity index (χ2v) is 11.4. The molecule has 1 aliphatic rings. The standard InChI is InChI=1S/C19H32N2O4S/c1-18(2,3)16-11-14(21(6)20-16)12-17(22)19(4,5)26(23,24)13-15-9-7-8-10-25-15/h11,15H,7-10,12-13H2,1-6H3. The van der Waals surface area contributed by atoms with Crippen LogP contribution in [-0.4, -0.2) is 47.2 Å². The number of hydrogen-bond acceptors (Lipinski definition) is 5. The molecule has 0 aromatic carbocycles. The molecule has 1 aromatic rings. The molecule has 148 valence electrons. The summed E-state index contributed by atoms with van der Waals surface area (Å²) in [5.74, 6) is -0.401. The van der Waals surface area contributed by atoms with Crippen LogP contribution in [0.5, 0.6) is 0 Å². The van der Waals surface area contributed by atoms with Crippen LogP contribution >= 0.6 is 0 Å². The van der Waals surface area contributed by atoms with Crippen molar-refractivity contribution in [3.8, 4) is 0 Å². The van der Waals surface area contributed by atoms with Crippen molar-refractivity contribution in [3.63, 3.8) is 0 Å². The van der Waals surface area contributed by atoms with E-state index >= 15 is 0 Å². The lowest BCUT2D eigenvalue weighted by molar-refractivity contribution is -0.120. The normalized spacial score (nSPS) is 19.5. The highest BCUT2D eigenvalue weighted by Gasteiger charge is 2.42. The number of aryl methyl sites for hydroxylation is 1. The molecule has 1 unspecified atom stereocenters. The first-order chi connectivity index (χ1) is 11.8. The van der Waals surface area contributed by atoms with Crippen molar-refractivity contribution in [1.29, 1.82) is 0 Å². The first kappa shape index (κ1) is 21.1. The zero-order valence-electron chi connectivity index (χ0n) is 16.8. The highest BCUT2D eigenvalue weighted by atomic mass is 32.2. The Balaban J connectivity index is 2.15. The summed E-state index contributed by atoms with van der Waals surface area (Å²) in [6.07, 6.45) is 2.43. The summed E-state index contributed by atoms with van der Waals surface area (Å²) < 4.78 is 31.5. The van der Waals surface area contributed by atoms with E-state index in [1.165, 1.54) is 13.8 Å². The van der Waals surface area contributed by atoms with E-state index in [9.17, 15) is 13.2 Å². The van der Waals surface area contributed by atoms with Gasteiger partial charge in [0.05, 0.1) is 24.0 Å². The van der Waals surface area contributed by atoms with Crippen LogP contribution in [0.25, 0.3) is 0 Å². The van der Waals surface area contributed by atoms with Gasteiger partial charge in [-0.3, -0.25) is 9.48 Å². The monoisotopic (exact) mass is 384 g/mol. The highest BCUT2D eigenvalue weighted by molar-refractivity contribution is 7.93. The molecule has 0 amide bonds. The largest absolute Gasteiger partial charge is 0.377 e. The second kappa shape index (κ2) is 7.43. The van der Waals surface area contributed by atoms with Crippen molar-refractivity contribution in [2.75, 3.05) is 12.4 Å². The predicted molar refractivity (Wildman–Crippen MR) is 102 cm³/mol. The Morgan fingerprint density at radius 3 is 2.42 bits per heavy atom. The maximum atomic E-state index is 12.9. The summed E-state index contributed by atoms with van der Waals surface area (Å²) >= 11 is 0. The molecule has 0 bridgehead atoms. The minimum atomic E-state index is -3.62. The molecule has 0 spiro atoms. The molecule has 1 atom stereocenters. The molecule has 7 heteroatoms. The lowest BCUT2D eigenvalue weighted by Gasteiger charge is -2.28. The van der Waals surface area contributed by atoms with E-state index in [1.54, 1.807) is 11.7 Å². The van der Waals surface area contributed by atoms with Crippen LogP contribution in [0.15, 0.2) is 6.07 Å². The Hall–Kier alpha value is -1.21. The minimum absolute atomic E-state index is 0.0529. The van der Waals surface area contributed by atoms with Crippen molar-refractivity contribution in [2.45, 2.75) is 76.6 Å². The van der Waals surface area contributed by atoms with Gasteiger partial charge in [0, 0.05) is 24.8 Å². The topological polar surface area (TPSA) is 78.3 Å². The number of carbonyl (C=O) groups excluding carboxylic acids is 1. The van der Waals surface area contributed by atoms with Crippen LogP contribution in [0.4, 0.5) is 0 Å². The minimum Gasteiger partial charge on any atom is -0.377 e. The summed E-state index contributed by atoms with van der Waals surface area (Å²) in [5.41, 5.74) is 1.50. The molecule has 1 saturated heterocycles.